The van der Waals surface area contributed by atoms with Crippen LogP contribution >= 0.6 is 27.5 Å². The molecule has 0 aromatic heterocycles. The van der Waals surface area contributed by atoms with E-state index in [-0.39, 0.29) is 9.92 Å². The van der Waals surface area contributed by atoms with E-state index in [4.69, 9.17) is 11.6 Å². The maximum atomic E-state index is 12.8. The Balaban J connectivity index is 2.19. The minimum atomic E-state index is -3.49. The lowest BCUT2D eigenvalue weighted by Crippen LogP contribution is -2.32. The fraction of sp³-hybridized carbons (Fsp3) is 0.600. The second-order valence-corrected chi connectivity index (χ2v) is 8.79. The zero-order chi connectivity index (χ0) is 15.5. The van der Waals surface area contributed by atoms with Crippen LogP contribution in [0.5, 0.6) is 0 Å². The van der Waals surface area contributed by atoms with Gasteiger partial charge in [-0.1, -0.05) is 47.3 Å². The highest BCUT2D eigenvalue weighted by molar-refractivity contribution is 9.10. The first-order valence-electron chi connectivity index (χ1n) is 7.40. The van der Waals surface area contributed by atoms with Crippen LogP contribution in [0.1, 0.15) is 39.0 Å². The number of hydrogen-bond donors (Lipinski definition) is 0. The molecule has 118 valence electrons. The SMILES string of the molecule is CCCC1CCCN(S(=O)(=O)c2ccc(Br)cc2Cl)CC1. The summed E-state index contributed by atoms with van der Waals surface area (Å²) in [4.78, 5) is 0.210. The van der Waals surface area contributed by atoms with Gasteiger partial charge in [-0.3, -0.25) is 0 Å². The molecule has 0 saturated carbocycles. The third-order valence-corrected chi connectivity index (χ3v) is 6.89. The molecule has 1 aliphatic rings. The molecule has 0 N–H and O–H groups in total. The smallest absolute Gasteiger partial charge is 0.207 e. The van der Waals surface area contributed by atoms with Gasteiger partial charge in [0.2, 0.25) is 10.0 Å². The second-order valence-electron chi connectivity index (χ2n) is 5.56. The summed E-state index contributed by atoms with van der Waals surface area (Å²) in [5.41, 5.74) is 0. The monoisotopic (exact) mass is 393 g/mol. The summed E-state index contributed by atoms with van der Waals surface area (Å²) in [5, 5.41) is 0.277. The summed E-state index contributed by atoms with van der Waals surface area (Å²) < 4.78 is 27.9. The molecule has 1 fully saturated rings. The molecule has 3 nitrogen and oxygen atoms in total. The number of rotatable bonds is 4. The molecule has 0 amide bonds. The molecule has 0 aliphatic carbocycles. The normalized spacial score (nSPS) is 21.2. The third kappa shape index (κ3) is 4.21. The first kappa shape index (κ1) is 17.3. The topological polar surface area (TPSA) is 37.4 Å². The number of sulfonamides is 1. The van der Waals surface area contributed by atoms with Crippen LogP contribution in [0.4, 0.5) is 0 Å². The van der Waals surface area contributed by atoms with Gasteiger partial charge in [0, 0.05) is 17.6 Å². The highest BCUT2D eigenvalue weighted by Gasteiger charge is 2.29. The molecular weight excluding hydrogens is 374 g/mol. The summed E-state index contributed by atoms with van der Waals surface area (Å²) in [6, 6.07) is 4.93. The summed E-state index contributed by atoms with van der Waals surface area (Å²) >= 11 is 9.42. The third-order valence-electron chi connectivity index (χ3n) is 4.02. The minimum absolute atomic E-state index is 0.210. The van der Waals surface area contributed by atoms with E-state index in [1.54, 1.807) is 22.5 Å². The van der Waals surface area contributed by atoms with Gasteiger partial charge >= 0.3 is 0 Å². The van der Waals surface area contributed by atoms with Gasteiger partial charge < -0.3 is 0 Å². The van der Waals surface area contributed by atoms with Crippen molar-refractivity contribution in [1.82, 2.24) is 4.31 Å². The van der Waals surface area contributed by atoms with Crippen LogP contribution in [0.25, 0.3) is 0 Å². The van der Waals surface area contributed by atoms with Crippen molar-refractivity contribution >= 4 is 37.6 Å². The second kappa shape index (κ2) is 7.44. The summed E-state index contributed by atoms with van der Waals surface area (Å²) in [7, 11) is -3.49. The van der Waals surface area contributed by atoms with Gasteiger partial charge in [-0.05, 0) is 43.4 Å². The molecule has 1 aromatic carbocycles. The van der Waals surface area contributed by atoms with Gasteiger partial charge in [-0.2, -0.15) is 4.31 Å². The standard InChI is InChI=1S/C15H21BrClNO2S/c1-2-4-12-5-3-9-18(10-8-12)21(19,20)15-7-6-13(16)11-14(15)17/h6-7,11-12H,2-5,8-10H2,1H3. The maximum Gasteiger partial charge on any atom is 0.244 e. The van der Waals surface area contributed by atoms with Crippen LogP contribution in [0.3, 0.4) is 0 Å². The lowest BCUT2D eigenvalue weighted by molar-refractivity contribution is 0.400. The van der Waals surface area contributed by atoms with Gasteiger partial charge in [0.1, 0.15) is 4.90 Å². The molecule has 1 heterocycles. The van der Waals surface area contributed by atoms with E-state index in [1.165, 1.54) is 6.42 Å². The van der Waals surface area contributed by atoms with Crippen molar-refractivity contribution in [2.45, 2.75) is 43.9 Å². The average Bonchev–Trinajstić information content (AvgIpc) is 2.65. The van der Waals surface area contributed by atoms with Crippen LogP contribution in [0, 0.1) is 5.92 Å². The molecule has 1 saturated heterocycles. The van der Waals surface area contributed by atoms with E-state index >= 15 is 0 Å². The molecule has 0 spiro atoms. The Morgan fingerprint density at radius 2 is 2.10 bits per heavy atom. The van der Waals surface area contributed by atoms with E-state index < -0.39 is 10.0 Å². The van der Waals surface area contributed by atoms with E-state index in [0.717, 1.165) is 30.2 Å². The lowest BCUT2D eigenvalue weighted by atomic mass is 9.96. The minimum Gasteiger partial charge on any atom is -0.207 e. The lowest BCUT2D eigenvalue weighted by Gasteiger charge is -2.21. The average molecular weight is 395 g/mol. The summed E-state index contributed by atoms with van der Waals surface area (Å²) in [6.07, 6.45) is 5.34. The zero-order valence-corrected chi connectivity index (χ0v) is 15.3. The Morgan fingerprint density at radius 3 is 2.76 bits per heavy atom. The Labute approximate surface area is 140 Å². The van der Waals surface area contributed by atoms with Crippen molar-refractivity contribution in [3.63, 3.8) is 0 Å². The molecule has 6 heteroatoms. The Bertz CT molecular complexity index is 591. The molecule has 21 heavy (non-hydrogen) atoms. The van der Waals surface area contributed by atoms with Gasteiger partial charge in [-0.15, -0.1) is 0 Å². The molecular formula is C15H21BrClNO2S. The number of benzene rings is 1. The highest BCUT2D eigenvalue weighted by Crippen LogP contribution is 2.30. The van der Waals surface area contributed by atoms with Crippen molar-refractivity contribution in [2.75, 3.05) is 13.1 Å². The van der Waals surface area contributed by atoms with E-state index in [1.807, 2.05) is 0 Å². The zero-order valence-electron chi connectivity index (χ0n) is 12.2. The molecule has 2 rings (SSSR count). The maximum absolute atomic E-state index is 12.8. The van der Waals surface area contributed by atoms with Crippen molar-refractivity contribution in [3.8, 4) is 0 Å². The van der Waals surface area contributed by atoms with E-state index in [9.17, 15) is 8.42 Å². The molecule has 0 bridgehead atoms. The van der Waals surface area contributed by atoms with Crippen LogP contribution in [-0.2, 0) is 10.0 Å². The Hall–Kier alpha value is -0.100. The van der Waals surface area contributed by atoms with Crippen LogP contribution in [0.15, 0.2) is 27.6 Å². The van der Waals surface area contributed by atoms with Crippen LogP contribution in [-0.4, -0.2) is 25.8 Å². The predicted molar refractivity (Wildman–Crippen MR) is 90.2 cm³/mol. The van der Waals surface area contributed by atoms with Crippen LogP contribution < -0.4 is 0 Å². The predicted octanol–water partition coefficient (Wildman–Crippen LogP) is 4.69. The van der Waals surface area contributed by atoms with Gasteiger partial charge in [0.25, 0.3) is 0 Å². The van der Waals surface area contributed by atoms with Gasteiger partial charge in [0.15, 0.2) is 0 Å². The molecule has 1 atom stereocenters. The molecule has 1 aliphatic heterocycles. The first-order chi connectivity index (χ1) is 9.95. The fourth-order valence-electron chi connectivity index (χ4n) is 2.90. The van der Waals surface area contributed by atoms with E-state index in [0.29, 0.717) is 19.0 Å². The van der Waals surface area contributed by atoms with Gasteiger partial charge in [0.05, 0.1) is 5.02 Å². The number of nitrogens with zero attached hydrogens (tertiary/aromatic N) is 1. The van der Waals surface area contributed by atoms with E-state index in [2.05, 4.69) is 22.9 Å². The Morgan fingerprint density at radius 1 is 1.33 bits per heavy atom. The summed E-state index contributed by atoms with van der Waals surface area (Å²) in [5.74, 6) is 0.649. The highest BCUT2D eigenvalue weighted by atomic mass is 79.9. The van der Waals surface area contributed by atoms with Crippen molar-refractivity contribution < 1.29 is 8.42 Å². The largest absolute Gasteiger partial charge is 0.244 e. The molecule has 1 unspecified atom stereocenters. The quantitative estimate of drug-likeness (QED) is 0.742. The van der Waals surface area contributed by atoms with Crippen molar-refractivity contribution in [3.05, 3.63) is 27.7 Å². The van der Waals surface area contributed by atoms with Crippen molar-refractivity contribution in [2.24, 2.45) is 5.92 Å². The molecule has 1 aromatic rings. The first-order valence-corrected chi connectivity index (χ1v) is 10.0. The number of halogens is 2. The summed E-state index contributed by atoms with van der Waals surface area (Å²) in [6.45, 7) is 3.37. The Kier molecular flexibility index (Phi) is 6.12. The van der Waals surface area contributed by atoms with Crippen LogP contribution in [0.2, 0.25) is 5.02 Å². The molecule has 0 radical (unpaired) electrons. The van der Waals surface area contributed by atoms with Gasteiger partial charge in [-0.25, -0.2) is 8.42 Å². The number of hydrogen-bond acceptors (Lipinski definition) is 2. The fourth-order valence-corrected chi connectivity index (χ4v) is 5.40. The van der Waals surface area contributed by atoms with Crippen molar-refractivity contribution in [1.29, 1.82) is 0 Å².